The zero-order chi connectivity index (χ0) is 11.5. The van der Waals surface area contributed by atoms with Gasteiger partial charge in [-0.2, -0.15) is 0 Å². The van der Waals surface area contributed by atoms with Crippen LogP contribution in [-0.4, -0.2) is 16.1 Å². The van der Waals surface area contributed by atoms with Crippen molar-refractivity contribution in [3.8, 4) is 0 Å². The second-order valence-corrected chi connectivity index (χ2v) is 5.77. The van der Waals surface area contributed by atoms with Gasteiger partial charge in [-0.25, -0.2) is 0 Å². The Bertz CT molecular complexity index is 350. The number of carbonyl (C=O) groups is 1. The monoisotopic (exact) mass is 239 g/mol. The molecule has 1 fully saturated rings. The van der Waals surface area contributed by atoms with Crippen LogP contribution in [-0.2, 0) is 11.2 Å². The highest BCUT2D eigenvalue weighted by Gasteiger charge is 2.33. The predicted molar refractivity (Wildman–Crippen MR) is 63.4 cm³/mol. The van der Waals surface area contributed by atoms with Crippen molar-refractivity contribution >= 4 is 17.3 Å². The lowest BCUT2D eigenvalue weighted by atomic mass is 9.73. The summed E-state index contributed by atoms with van der Waals surface area (Å²) in [6.45, 7) is 2.22. The first-order valence-electron chi connectivity index (χ1n) is 5.77. The summed E-state index contributed by atoms with van der Waals surface area (Å²) in [6, 6.07) is 0. The van der Waals surface area contributed by atoms with Gasteiger partial charge in [-0.05, 0) is 37.5 Å². The molecule has 88 valence electrons. The molecule has 0 bridgehead atoms. The van der Waals surface area contributed by atoms with Crippen molar-refractivity contribution in [1.29, 1.82) is 0 Å². The molecule has 2 rings (SSSR count). The van der Waals surface area contributed by atoms with Crippen molar-refractivity contribution in [3.63, 3.8) is 0 Å². The van der Waals surface area contributed by atoms with E-state index in [1.54, 1.807) is 11.3 Å². The molecular weight excluding hydrogens is 222 g/mol. The number of aliphatic carboxylic acids is 1. The maximum Gasteiger partial charge on any atom is 0.306 e. The fraction of sp³-hybridized carbons (Fsp3) is 0.667. The molecule has 0 radical (unpaired) electrons. The third-order valence-electron chi connectivity index (χ3n) is 3.51. The molecule has 3 atom stereocenters. The molecule has 1 N–H and O–H groups in total. The van der Waals surface area contributed by atoms with Gasteiger partial charge in [0.1, 0.15) is 0 Å². The van der Waals surface area contributed by atoms with Crippen LogP contribution in [0.1, 0.15) is 31.1 Å². The maximum absolute atomic E-state index is 11.2. The first-order chi connectivity index (χ1) is 7.66. The van der Waals surface area contributed by atoms with Gasteiger partial charge in [0.15, 0.2) is 0 Å². The van der Waals surface area contributed by atoms with Crippen LogP contribution in [0.25, 0.3) is 0 Å². The number of carboxylic acids is 1. The second-order valence-electron chi connectivity index (χ2n) is 4.79. The Morgan fingerprint density at radius 1 is 1.62 bits per heavy atom. The van der Waals surface area contributed by atoms with Crippen LogP contribution in [0.4, 0.5) is 0 Å². The van der Waals surface area contributed by atoms with Gasteiger partial charge in [-0.15, -0.1) is 11.3 Å². The molecule has 0 saturated heterocycles. The quantitative estimate of drug-likeness (QED) is 0.882. The van der Waals surface area contributed by atoms with Crippen molar-refractivity contribution in [1.82, 2.24) is 4.98 Å². The highest BCUT2D eigenvalue weighted by molar-refractivity contribution is 7.09. The maximum atomic E-state index is 11.2. The van der Waals surface area contributed by atoms with Gasteiger partial charge in [0.05, 0.1) is 11.4 Å². The van der Waals surface area contributed by atoms with Crippen molar-refractivity contribution in [3.05, 3.63) is 16.6 Å². The number of thiazole rings is 1. The van der Waals surface area contributed by atoms with E-state index in [0.29, 0.717) is 11.8 Å². The summed E-state index contributed by atoms with van der Waals surface area (Å²) in [6.07, 6.45) is 5.67. The molecule has 0 aliphatic heterocycles. The van der Waals surface area contributed by atoms with Crippen LogP contribution >= 0.6 is 11.3 Å². The van der Waals surface area contributed by atoms with E-state index in [0.717, 1.165) is 25.7 Å². The molecule has 1 aliphatic carbocycles. The number of rotatable bonds is 3. The average Bonchev–Trinajstić information content (AvgIpc) is 2.70. The summed E-state index contributed by atoms with van der Waals surface area (Å²) in [7, 11) is 0. The van der Waals surface area contributed by atoms with Gasteiger partial charge in [0.25, 0.3) is 0 Å². The van der Waals surface area contributed by atoms with Crippen molar-refractivity contribution < 1.29 is 9.90 Å². The van der Waals surface area contributed by atoms with Gasteiger partial charge in [-0.3, -0.25) is 9.78 Å². The number of nitrogens with zero attached hydrogens (tertiary/aromatic N) is 1. The van der Waals surface area contributed by atoms with Crippen LogP contribution in [0.5, 0.6) is 0 Å². The number of hydrogen-bond acceptors (Lipinski definition) is 3. The Morgan fingerprint density at radius 3 is 3.06 bits per heavy atom. The molecule has 1 aromatic rings. The van der Waals surface area contributed by atoms with E-state index >= 15 is 0 Å². The Balaban J connectivity index is 2.05. The van der Waals surface area contributed by atoms with Crippen molar-refractivity contribution in [2.45, 2.75) is 32.6 Å². The molecule has 1 aromatic heterocycles. The lowest BCUT2D eigenvalue weighted by Crippen LogP contribution is -2.31. The van der Waals surface area contributed by atoms with E-state index in [1.807, 2.05) is 11.7 Å². The molecule has 16 heavy (non-hydrogen) atoms. The minimum Gasteiger partial charge on any atom is -0.481 e. The van der Waals surface area contributed by atoms with Crippen LogP contribution < -0.4 is 0 Å². The average molecular weight is 239 g/mol. The summed E-state index contributed by atoms with van der Waals surface area (Å²) >= 11 is 1.63. The van der Waals surface area contributed by atoms with E-state index in [9.17, 15) is 9.90 Å². The van der Waals surface area contributed by atoms with Gasteiger partial charge in [0, 0.05) is 11.1 Å². The molecule has 3 nitrogen and oxygen atoms in total. The lowest BCUT2D eigenvalue weighted by Gasteiger charge is -2.32. The van der Waals surface area contributed by atoms with Crippen LogP contribution in [0.2, 0.25) is 0 Å². The first kappa shape index (κ1) is 11.6. The topological polar surface area (TPSA) is 50.2 Å². The van der Waals surface area contributed by atoms with E-state index in [-0.39, 0.29) is 5.92 Å². The van der Waals surface area contributed by atoms with E-state index in [4.69, 9.17) is 0 Å². The van der Waals surface area contributed by atoms with E-state index in [2.05, 4.69) is 11.9 Å². The van der Waals surface area contributed by atoms with Gasteiger partial charge in [0.2, 0.25) is 0 Å². The largest absolute Gasteiger partial charge is 0.481 e. The predicted octanol–water partition coefficient (Wildman–Crippen LogP) is 2.82. The van der Waals surface area contributed by atoms with Crippen LogP contribution in [0, 0.1) is 17.8 Å². The van der Waals surface area contributed by atoms with Crippen LogP contribution in [0.3, 0.4) is 0 Å². The third kappa shape index (κ3) is 2.61. The van der Waals surface area contributed by atoms with Crippen molar-refractivity contribution in [2.24, 2.45) is 17.8 Å². The summed E-state index contributed by atoms with van der Waals surface area (Å²) < 4.78 is 0. The van der Waals surface area contributed by atoms with Gasteiger partial charge >= 0.3 is 5.97 Å². The van der Waals surface area contributed by atoms with Crippen molar-refractivity contribution in [2.75, 3.05) is 0 Å². The molecular formula is C12H17NO2S. The standard InChI is InChI=1S/C12H17NO2S/c1-8-2-3-11(12(14)15)9(4-8)5-10-6-13-7-16-10/h6-9,11H,2-5H2,1H3,(H,14,15). The Kier molecular flexibility index (Phi) is 3.59. The molecule has 1 aliphatic rings. The summed E-state index contributed by atoms with van der Waals surface area (Å²) in [5.74, 6) is 0.176. The Morgan fingerprint density at radius 2 is 2.44 bits per heavy atom. The number of aromatic nitrogens is 1. The zero-order valence-corrected chi connectivity index (χ0v) is 10.2. The Labute approximate surface area is 99.5 Å². The summed E-state index contributed by atoms with van der Waals surface area (Å²) in [4.78, 5) is 16.4. The fourth-order valence-electron chi connectivity index (χ4n) is 2.65. The number of carboxylic acid groups (broad SMARTS) is 1. The summed E-state index contributed by atoms with van der Waals surface area (Å²) in [5, 5.41) is 9.21. The van der Waals surface area contributed by atoms with Crippen LogP contribution in [0.15, 0.2) is 11.7 Å². The molecule has 0 spiro atoms. The number of hydrogen-bond donors (Lipinski definition) is 1. The molecule has 0 aromatic carbocycles. The molecule has 4 heteroatoms. The summed E-state index contributed by atoms with van der Waals surface area (Å²) in [5.41, 5.74) is 1.82. The van der Waals surface area contributed by atoms with Gasteiger partial charge in [-0.1, -0.05) is 6.92 Å². The highest BCUT2D eigenvalue weighted by Crippen LogP contribution is 2.36. The normalized spacial score (nSPS) is 30.2. The van der Waals surface area contributed by atoms with E-state index in [1.165, 1.54) is 4.88 Å². The molecule has 3 unspecified atom stereocenters. The molecule has 1 saturated carbocycles. The third-order valence-corrected chi connectivity index (χ3v) is 4.31. The highest BCUT2D eigenvalue weighted by atomic mass is 32.1. The smallest absolute Gasteiger partial charge is 0.306 e. The zero-order valence-electron chi connectivity index (χ0n) is 9.43. The van der Waals surface area contributed by atoms with Gasteiger partial charge < -0.3 is 5.11 Å². The minimum absolute atomic E-state index is 0.154. The van der Waals surface area contributed by atoms with E-state index < -0.39 is 5.97 Å². The first-order valence-corrected chi connectivity index (χ1v) is 6.65. The lowest BCUT2D eigenvalue weighted by molar-refractivity contribution is -0.145. The fourth-order valence-corrected chi connectivity index (χ4v) is 3.34. The molecule has 0 amide bonds. The SMILES string of the molecule is CC1CCC(C(=O)O)C(Cc2cncs2)C1. The molecule has 1 heterocycles. The second kappa shape index (κ2) is 4.95. The Hall–Kier alpha value is -0.900. The minimum atomic E-state index is -0.624.